The predicted molar refractivity (Wildman–Crippen MR) is 145 cm³/mol. The second-order valence-corrected chi connectivity index (χ2v) is 9.26. The van der Waals surface area contributed by atoms with Crippen LogP contribution in [-0.4, -0.2) is 41.5 Å². The molecule has 4 aromatic rings. The number of hydrogen-bond acceptors (Lipinski definition) is 8. The molecule has 0 bridgehead atoms. The van der Waals surface area contributed by atoms with E-state index in [1.165, 1.54) is 36.4 Å². The lowest BCUT2D eigenvalue weighted by molar-refractivity contribution is 0.0863. The van der Waals surface area contributed by atoms with Gasteiger partial charge in [-0.2, -0.15) is 0 Å². The van der Waals surface area contributed by atoms with Crippen molar-refractivity contribution in [2.75, 3.05) is 5.32 Å². The summed E-state index contributed by atoms with van der Waals surface area (Å²) in [5, 5.41) is 7.12. The van der Waals surface area contributed by atoms with Crippen LogP contribution in [0.5, 0.6) is 0 Å². The van der Waals surface area contributed by atoms with Gasteiger partial charge < -0.3 is 9.73 Å². The summed E-state index contributed by atoms with van der Waals surface area (Å²) < 4.78 is 5.64. The number of amides is 5. The molecule has 11 nitrogen and oxygen atoms in total. The van der Waals surface area contributed by atoms with Gasteiger partial charge in [0.2, 0.25) is 5.88 Å². The van der Waals surface area contributed by atoms with Gasteiger partial charge in [-0.25, -0.2) is 4.99 Å². The number of nitrogens with one attached hydrogen (secondary N) is 3. The first kappa shape index (κ1) is 25.3. The first-order chi connectivity index (χ1) is 19.7. The number of aliphatic imine (C=N–C) groups is 1. The maximum Gasteiger partial charge on any atom is 0.258 e. The van der Waals surface area contributed by atoms with Crippen molar-refractivity contribution >= 4 is 53.1 Å². The number of imide groups is 2. The smallest absolute Gasteiger partial charge is 0.258 e. The van der Waals surface area contributed by atoms with Crippen LogP contribution in [0.3, 0.4) is 0 Å². The van der Waals surface area contributed by atoms with Gasteiger partial charge in [0.15, 0.2) is 5.78 Å². The molecule has 3 aromatic carbocycles. The van der Waals surface area contributed by atoms with Crippen molar-refractivity contribution in [2.45, 2.75) is 6.42 Å². The van der Waals surface area contributed by atoms with Crippen LogP contribution in [0.25, 0.3) is 0 Å². The normalized spacial score (nSPS) is 13.7. The van der Waals surface area contributed by atoms with E-state index >= 15 is 0 Å². The first-order valence-corrected chi connectivity index (χ1v) is 12.3. The summed E-state index contributed by atoms with van der Waals surface area (Å²) in [7, 11) is 0. The number of anilines is 1. The van der Waals surface area contributed by atoms with Crippen LogP contribution in [0.1, 0.15) is 73.5 Å². The molecule has 11 heteroatoms. The molecule has 2 aliphatic rings. The van der Waals surface area contributed by atoms with Gasteiger partial charge in [0, 0.05) is 29.1 Å². The van der Waals surface area contributed by atoms with E-state index in [2.05, 4.69) is 20.9 Å². The standard InChI is InChI=1S/C30H18N4O7/c35-24(16-3-8-20-22(11-16)29(39)33-27(20)37)13-19-7-10-25(41-19)31-14-15-1-5-18(6-2-15)32-26(36)17-4-9-21-23(12-17)30(40)34-28(21)38/h1-12,14H,13H2,(H,32,36)(H,33,37,39)(H,34,38,40). The van der Waals surface area contributed by atoms with E-state index in [4.69, 9.17) is 4.42 Å². The number of furan rings is 1. The molecule has 200 valence electrons. The molecule has 5 amide bonds. The van der Waals surface area contributed by atoms with Crippen LogP contribution in [0.4, 0.5) is 11.6 Å². The van der Waals surface area contributed by atoms with Gasteiger partial charge in [0.1, 0.15) is 5.76 Å². The zero-order chi connectivity index (χ0) is 28.7. The number of fused-ring (bicyclic) bond motifs is 2. The van der Waals surface area contributed by atoms with Crippen molar-refractivity contribution in [3.05, 3.63) is 118 Å². The van der Waals surface area contributed by atoms with E-state index in [1.54, 1.807) is 42.6 Å². The Morgan fingerprint density at radius 2 is 1.29 bits per heavy atom. The summed E-state index contributed by atoms with van der Waals surface area (Å²) in [6.07, 6.45) is 1.51. The summed E-state index contributed by atoms with van der Waals surface area (Å²) in [6.45, 7) is 0. The molecule has 0 atom stereocenters. The molecule has 0 saturated carbocycles. The monoisotopic (exact) mass is 546 g/mol. The summed E-state index contributed by atoms with van der Waals surface area (Å²) >= 11 is 0. The van der Waals surface area contributed by atoms with E-state index in [0.717, 1.165) is 5.56 Å². The summed E-state index contributed by atoms with van der Waals surface area (Å²) in [6, 6.07) is 18.7. The average molecular weight is 546 g/mol. The largest absolute Gasteiger partial charge is 0.443 e. The lowest BCUT2D eigenvalue weighted by Gasteiger charge is -2.06. The lowest BCUT2D eigenvalue weighted by Crippen LogP contribution is -2.19. The van der Waals surface area contributed by atoms with Gasteiger partial charge in [0.05, 0.1) is 28.7 Å². The molecule has 2 aliphatic heterocycles. The molecule has 1 aromatic heterocycles. The highest BCUT2D eigenvalue weighted by atomic mass is 16.4. The Labute approximate surface area is 231 Å². The second kappa shape index (κ2) is 9.97. The molecule has 41 heavy (non-hydrogen) atoms. The fourth-order valence-electron chi connectivity index (χ4n) is 4.44. The minimum absolute atomic E-state index is 0.0521. The number of carbonyl (C=O) groups excluding carboxylic acids is 6. The van der Waals surface area contributed by atoms with E-state index < -0.39 is 29.5 Å². The van der Waals surface area contributed by atoms with Crippen molar-refractivity contribution in [1.29, 1.82) is 0 Å². The predicted octanol–water partition coefficient (Wildman–Crippen LogP) is 3.48. The first-order valence-electron chi connectivity index (χ1n) is 12.3. The number of ketones is 1. The molecule has 0 radical (unpaired) electrons. The number of nitrogens with zero attached hydrogens (tertiary/aromatic N) is 1. The lowest BCUT2D eigenvalue weighted by atomic mass is 10.0. The molecular formula is C30H18N4O7. The van der Waals surface area contributed by atoms with Gasteiger partial charge in [-0.05, 0) is 54.1 Å². The fraction of sp³-hybridized carbons (Fsp3) is 0.0333. The van der Waals surface area contributed by atoms with Crippen molar-refractivity contribution in [1.82, 2.24) is 10.6 Å². The molecule has 3 heterocycles. The number of Topliss-reactive ketones (excluding diaryl/α,β-unsaturated/α-hetero) is 1. The van der Waals surface area contributed by atoms with Gasteiger partial charge in [0.25, 0.3) is 29.5 Å². The fourth-order valence-corrected chi connectivity index (χ4v) is 4.44. The zero-order valence-corrected chi connectivity index (χ0v) is 21.0. The Bertz CT molecular complexity index is 1850. The van der Waals surface area contributed by atoms with E-state index in [1.807, 2.05) is 0 Å². The molecule has 0 spiro atoms. The van der Waals surface area contributed by atoms with Crippen molar-refractivity contribution in [2.24, 2.45) is 4.99 Å². The Morgan fingerprint density at radius 1 is 0.707 bits per heavy atom. The molecule has 0 fully saturated rings. The third-order valence-electron chi connectivity index (χ3n) is 6.55. The minimum atomic E-state index is -0.535. The number of hydrogen-bond donors (Lipinski definition) is 3. The van der Waals surface area contributed by atoms with Crippen LogP contribution >= 0.6 is 0 Å². The van der Waals surface area contributed by atoms with E-state index in [0.29, 0.717) is 17.0 Å². The second-order valence-electron chi connectivity index (χ2n) is 9.26. The van der Waals surface area contributed by atoms with Crippen molar-refractivity contribution in [3.63, 3.8) is 0 Å². The van der Waals surface area contributed by atoms with Gasteiger partial charge in [-0.1, -0.05) is 18.2 Å². The topological polar surface area (TPSA) is 164 Å². The van der Waals surface area contributed by atoms with E-state index in [9.17, 15) is 28.8 Å². The summed E-state index contributed by atoms with van der Waals surface area (Å²) in [4.78, 5) is 76.7. The maximum atomic E-state index is 12.7. The number of carbonyl (C=O) groups is 6. The SMILES string of the molecule is O=C(Cc1ccc(N=Cc2ccc(NC(=O)c3ccc4c(c3)C(=O)NC4=O)cc2)o1)c1ccc2c(c1)C(=O)NC2=O. The third kappa shape index (κ3) is 4.94. The molecule has 0 unspecified atom stereocenters. The van der Waals surface area contributed by atoms with Crippen LogP contribution in [-0.2, 0) is 6.42 Å². The highest BCUT2D eigenvalue weighted by Crippen LogP contribution is 2.22. The van der Waals surface area contributed by atoms with Crippen molar-refractivity contribution in [3.8, 4) is 0 Å². The average Bonchev–Trinajstić information content (AvgIpc) is 3.62. The van der Waals surface area contributed by atoms with Crippen molar-refractivity contribution < 1.29 is 33.2 Å². The molecule has 0 aliphatic carbocycles. The van der Waals surface area contributed by atoms with Crippen LogP contribution in [0.15, 0.2) is 82.2 Å². The number of rotatable bonds is 7. The maximum absolute atomic E-state index is 12.7. The number of benzene rings is 3. The molecular weight excluding hydrogens is 528 g/mol. The molecule has 3 N–H and O–H groups in total. The van der Waals surface area contributed by atoms with Crippen LogP contribution < -0.4 is 16.0 Å². The molecule has 0 saturated heterocycles. The minimum Gasteiger partial charge on any atom is -0.443 e. The van der Waals surface area contributed by atoms with Gasteiger partial charge >= 0.3 is 0 Å². The van der Waals surface area contributed by atoms with Crippen LogP contribution in [0.2, 0.25) is 0 Å². The third-order valence-corrected chi connectivity index (χ3v) is 6.55. The van der Waals surface area contributed by atoms with Gasteiger partial charge in [-0.15, -0.1) is 0 Å². The molecule has 6 rings (SSSR count). The Morgan fingerprint density at radius 3 is 1.95 bits per heavy atom. The van der Waals surface area contributed by atoms with Gasteiger partial charge in [-0.3, -0.25) is 39.4 Å². The highest BCUT2D eigenvalue weighted by Gasteiger charge is 2.28. The summed E-state index contributed by atoms with van der Waals surface area (Å²) in [5.41, 5.74) is 2.57. The quantitative estimate of drug-likeness (QED) is 0.181. The zero-order valence-electron chi connectivity index (χ0n) is 21.0. The summed E-state index contributed by atoms with van der Waals surface area (Å²) in [5.74, 6) is -2.08. The van der Waals surface area contributed by atoms with E-state index in [-0.39, 0.29) is 45.9 Å². The Kier molecular flexibility index (Phi) is 6.15. The Balaban J connectivity index is 1.06. The van der Waals surface area contributed by atoms with Crippen LogP contribution in [0, 0.1) is 0 Å². The Hall–Kier alpha value is -5.97. The highest BCUT2D eigenvalue weighted by molar-refractivity contribution is 6.23.